The normalized spacial score (nSPS) is 11.1. The Morgan fingerprint density at radius 1 is 1.08 bits per heavy atom. The van der Waals surface area contributed by atoms with Crippen molar-refractivity contribution >= 4 is 0 Å². The van der Waals surface area contributed by atoms with Crippen LogP contribution in [0.5, 0.6) is 0 Å². The summed E-state index contributed by atoms with van der Waals surface area (Å²) in [5, 5.41) is 10.8. The van der Waals surface area contributed by atoms with Gasteiger partial charge in [0.05, 0.1) is 11.9 Å². The quantitative estimate of drug-likeness (QED) is 0.590. The van der Waals surface area contributed by atoms with Gasteiger partial charge in [0.25, 0.3) is 0 Å². The maximum absolute atomic E-state index is 4.17. The fourth-order valence-electron chi connectivity index (χ4n) is 2.88. The second-order valence-corrected chi connectivity index (χ2v) is 6.27. The average Bonchev–Trinajstić information content (AvgIpc) is 3.11. The SMILES string of the molecule is CN(CCCNCc1cn[nH]c1-c1cccnc1)Cc1ccccc1. The van der Waals surface area contributed by atoms with Crippen molar-refractivity contribution < 1.29 is 0 Å². The lowest BCUT2D eigenvalue weighted by molar-refractivity contribution is 0.319. The zero-order valence-corrected chi connectivity index (χ0v) is 14.7. The molecule has 0 spiro atoms. The number of nitrogens with one attached hydrogen (secondary N) is 2. The Morgan fingerprint density at radius 2 is 1.96 bits per heavy atom. The molecule has 0 unspecified atom stereocenters. The number of H-pyrrole nitrogens is 1. The Balaban J connectivity index is 1.39. The van der Waals surface area contributed by atoms with E-state index in [1.165, 1.54) is 11.1 Å². The van der Waals surface area contributed by atoms with Crippen molar-refractivity contribution in [1.82, 2.24) is 25.4 Å². The van der Waals surface area contributed by atoms with E-state index < -0.39 is 0 Å². The molecule has 2 heterocycles. The highest BCUT2D eigenvalue weighted by Gasteiger charge is 2.07. The second kappa shape index (κ2) is 9.11. The van der Waals surface area contributed by atoms with E-state index in [9.17, 15) is 0 Å². The number of nitrogens with zero attached hydrogens (tertiary/aromatic N) is 3. The largest absolute Gasteiger partial charge is 0.312 e. The van der Waals surface area contributed by atoms with Gasteiger partial charge in [-0.05, 0) is 44.3 Å². The number of aromatic amines is 1. The van der Waals surface area contributed by atoms with E-state index >= 15 is 0 Å². The zero-order chi connectivity index (χ0) is 17.3. The summed E-state index contributed by atoms with van der Waals surface area (Å²) >= 11 is 0. The standard InChI is InChI=1S/C20H25N5/c1-25(16-17-7-3-2-4-8-17)12-6-11-22-14-19-15-23-24-20(19)18-9-5-10-21-13-18/h2-5,7-10,13,15,22H,6,11-12,14,16H2,1H3,(H,23,24). The zero-order valence-electron chi connectivity index (χ0n) is 14.7. The lowest BCUT2D eigenvalue weighted by atomic mass is 10.1. The van der Waals surface area contributed by atoms with Crippen molar-refractivity contribution in [2.75, 3.05) is 20.1 Å². The molecule has 5 nitrogen and oxygen atoms in total. The first-order valence-corrected chi connectivity index (χ1v) is 8.69. The summed E-state index contributed by atoms with van der Waals surface area (Å²) in [5.41, 5.74) is 4.64. The van der Waals surface area contributed by atoms with Crippen molar-refractivity contribution in [2.45, 2.75) is 19.5 Å². The van der Waals surface area contributed by atoms with Gasteiger partial charge >= 0.3 is 0 Å². The van der Waals surface area contributed by atoms with Crippen molar-refractivity contribution in [1.29, 1.82) is 0 Å². The van der Waals surface area contributed by atoms with E-state index in [2.05, 4.69) is 62.8 Å². The molecule has 3 rings (SSSR count). The van der Waals surface area contributed by atoms with Crippen LogP contribution in [0.1, 0.15) is 17.5 Å². The molecule has 0 saturated carbocycles. The molecule has 5 heteroatoms. The third-order valence-electron chi connectivity index (χ3n) is 4.17. The highest BCUT2D eigenvalue weighted by molar-refractivity contribution is 5.61. The van der Waals surface area contributed by atoms with Crippen LogP contribution in [0.3, 0.4) is 0 Å². The van der Waals surface area contributed by atoms with Crippen molar-refractivity contribution in [3.05, 3.63) is 72.2 Å². The minimum Gasteiger partial charge on any atom is -0.312 e. The summed E-state index contributed by atoms with van der Waals surface area (Å²) in [6, 6.07) is 14.6. The van der Waals surface area contributed by atoms with Gasteiger partial charge in [0.1, 0.15) is 0 Å². The summed E-state index contributed by atoms with van der Waals surface area (Å²) in [4.78, 5) is 6.53. The number of hydrogen-bond donors (Lipinski definition) is 2. The molecule has 0 aliphatic heterocycles. The van der Waals surface area contributed by atoms with Gasteiger partial charge in [-0.25, -0.2) is 0 Å². The summed E-state index contributed by atoms with van der Waals surface area (Å²) < 4.78 is 0. The van der Waals surface area contributed by atoms with Crippen molar-refractivity contribution in [3.8, 4) is 11.3 Å². The van der Waals surface area contributed by atoms with E-state index in [-0.39, 0.29) is 0 Å². The maximum Gasteiger partial charge on any atom is 0.0710 e. The number of rotatable bonds is 9. The fourth-order valence-corrected chi connectivity index (χ4v) is 2.88. The molecule has 3 aromatic rings. The van der Waals surface area contributed by atoms with Crippen LogP contribution in [0.25, 0.3) is 11.3 Å². The van der Waals surface area contributed by atoms with Crippen LogP contribution >= 0.6 is 0 Å². The Kier molecular flexibility index (Phi) is 6.31. The van der Waals surface area contributed by atoms with Gasteiger partial charge in [-0.3, -0.25) is 10.1 Å². The summed E-state index contributed by atoms with van der Waals surface area (Å²) in [5.74, 6) is 0. The minimum atomic E-state index is 0.809. The van der Waals surface area contributed by atoms with Crippen LogP contribution in [-0.2, 0) is 13.1 Å². The Hall–Kier alpha value is -2.50. The van der Waals surface area contributed by atoms with Gasteiger partial charge in [0, 0.05) is 36.6 Å². The number of benzene rings is 1. The van der Waals surface area contributed by atoms with Crippen molar-refractivity contribution in [2.24, 2.45) is 0 Å². The van der Waals surface area contributed by atoms with Crippen molar-refractivity contribution in [3.63, 3.8) is 0 Å². The van der Waals surface area contributed by atoms with Crippen LogP contribution in [0.15, 0.2) is 61.1 Å². The molecule has 25 heavy (non-hydrogen) atoms. The van der Waals surface area contributed by atoms with Crippen LogP contribution in [-0.4, -0.2) is 40.2 Å². The maximum atomic E-state index is 4.17. The van der Waals surface area contributed by atoms with Gasteiger partial charge in [-0.2, -0.15) is 5.10 Å². The fraction of sp³-hybridized carbons (Fsp3) is 0.300. The molecule has 0 fully saturated rings. The van der Waals surface area contributed by atoms with Gasteiger partial charge in [-0.1, -0.05) is 30.3 Å². The molecule has 0 bridgehead atoms. The first-order valence-electron chi connectivity index (χ1n) is 8.69. The second-order valence-electron chi connectivity index (χ2n) is 6.27. The first-order chi connectivity index (χ1) is 12.3. The third-order valence-corrected chi connectivity index (χ3v) is 4.17. The van der Waals surface area contributed by atoms with E-state index in [0.29, 0.717) is 0 Å². The molecule has 0 amide bonds. The molecule has 0 aliphatic rings. The predicted molar refractivity (Wildman–Crippen MR) is 101 cm³/mol. The molecule has 2 N–H and O–H groups in total. The molecular formula is C20H25N5. The smallest absolute Gasteiger partial charge is 0.0710 e. The van der Waals surface area contributed by atoms with E-state index in [1.54, 1.807) is 6.20 Å². The molecule has 1 aromatic carbocycles. The Labute approximate surface area is 149 Å². The molecule has 2 aromatic heterocycles. The van der Waals surface area contributed by atoms with Gasteiger partial charge in [0.2, 0.25) is 0 Å². The topological polar surface area (TPSA) is 56.8 Å². The lowest BCUT2D eigenvalue weighted by Gasteiger charge is -2.16. The molecule has 0 aliphatic carbocycles. The first kappa shape index (κ1) is 17.3. The highest BCUT2D eigenvalue weighted by atomic mass is 15.1. The predicted octanol–water partition coefficient (Wildman–Crippen LogP) is 3.08. The lowest BCUT2D eigenvalue weighted by Crippen LogP contribution is -2.23. The minimum absolute atomic E-state index is 0.809. The van der Waals surface area contributed by atoms with Gasteiger partial charge in [-0.15, -0.1) is 0 Å². The number of hydrogen-bond acceptors (Lipinski definition) is 4. The number of pyridine rings is 1. The van der Waals surface area contributed by atoms with Crippen LogP contribution in [0.2, 0.25) is 0 Å². The third kappa shape index (κ3) is 5.24. The van der Waals surface area contributed by atoms with Crippen LogP contribution < -0.4 is 5.32 Å². The number of aromatic nitrogens is 3. The summed E-state index contributed by atoms with van der Waals surface area (Å²) in [6.45, 7) is 3.86. The summed E-state index contributed by atoms with van der Waals surface area (Å²) in [7, 11) is 2.17. The average molecular weight is 335 g/mol. The van der Waals surface area contributed by atoms with E-state index in [4.69, 9.17) is 0 Å². The highest BCUT2D eigenvalue weighted by Crippen LogP contribution is 2.19. The monoisotopic (exact) mass is 335 g/mol. The van der Waals surface area contributed by atoms with E-state index in [1.807, 2.05) is 24.5 Å². The molecule has 0 saturated heterocycles. The van der Waals surface area contributed by atoms with Crippen LogP contribution in [0.4, 0.5) is 0 Å². The summed E-state index contributed by atoms with van der Waals surface area (Å²) in [6.07, 6.45) is 6.64. The van der Waals surface area contributed by atoms with Gasteiger partial charge in [0.15, 0.2) is 0 Å². The Morgan fingerprint density at radius 3 is 2.76 bits per heavy atom. The Bertz CT molecular complexity index is 739. The molecule has 0 atom stereocenters. The van der Waals surface area contributed by atoms with Gasteiger partial charge < -0.3 is 10.2 Å². The van der Waals surface area contributed by atoms with E-state index in [0.717, 1.165) is 43.9 Å². The molecular weight excluding hydrogens is 310 g/mol. The molecule has 0 radical (unpaired) electrons. The van der Waals surface area contributed by atoms with Crippen LogP contribution in [0, 0.1) is 0 Å². The molecule has 130 valence electrons.